The summed E-state index contributed by atoms with van der Waals surface area (Å²) in [4.78, 5) is 0. The van der Waals surface area contributed by atoms with Gasteiger partial charge in [-0.2, -0.15) is 0 Å². The van der Waals surface area contributed by atoms with Crippen LogP contribution in [0.4, 0.5) is 0 Å². The molecule has 0 atom stereocenters. The highest BCUT2D eigenvalue weighted by Crippen LogP contribution is 2.28. The van der Waals surface area contributed by atoms with E-state index in [4.69, 9.17) is 9.47 Å². The molecule has 0 spiro atoms. The first-order chi connectivity index (χ1) is 10.2. The van der Waals surface area contributed by atoms with Gasteiger partial charge in [0.2, 0.25) is 0 Å². The lowest BCUT2D eigenvalue weighted by molar-refractivity contribution is 0.310. The minimum Gasteiger partial charge on any atom is -0.508 e. The second-order valence-corrected chi connectivity index (χ2v) is 4.65. The molecule has 0 fully saturated rings. The van der Waals surface area contributed by atoms with Crippen molar-refractivity contribution in [3.05, 3.63) is 53.6 Å². The molecule has 0 bridgehead atoms. The van der Waals surface area contributed by atoms with Crippen LogP contribution in [0.2, 0.25) is 0 Å². The van der Waals surface area contributed by atoms with E-state index in [1.807, 2.05) is 43.3 Å². The maximum atomic E-state index is 9.71. The third-order valence-electron chi connectivity index (χ3n) is 3.16. The van der Waals surface area contributed by atoms with Crippen molar-refractivity contribution in [2.24, 2.45) is 0 Å². The number of ether oxygens (including phenoxy) is 2. The van der Waals surface area contributed by atoms with Crippen LogP contribution in [0.1, 0.15) is 18.1 Å². The van der Waals surface area contributed by atoms with Crippen molar-refractivity contribution in [2.45, 2.75) is 20.0 Å². The van der Waals surface area contributed by atoms with Gasteiger partial charge in [-0.1, -0.05) is 24.3 Å². The Kier molecular flexibility index (Phi) is 5.46. The predicted molar refractivity (Wildman–Crippen MR) is 82.8 cm³/mol. The Morgan fingerprint density at radius 3 is 2.57 bits per heavy atom. The second-order valence-electron chi connectivity index (χ2n) is 4.65. The maximum absolute atomic E-state index is 9.71. The smallest absolute Gasteiger partial charge is 0.161 e. The number of hydrogen-bond donors (Lipinski definition) is 2. The van der Waals surface area contributed by atoms with Crippen LogP contribution in [-0.4, -0.2) is 18.8 Å². The Morgan fingerprint density at radius 2 is 1.86 bits per heavy atom. The van der Waals surface area contributed by atoms with Crippen LogP contribution in [0, 0.1) is 0 Å². The maximum Gasteiger partial charge on any atom is 0.161 e. The lowest BCUT2D eigenvalue weighted by Gasteiger charge is -2.12. The predicted octanol–water partition coefficient (Wildman–Crippen LogP) is 3.09. The zero-order valence-electron chi connectivity index (χ0n) is 12.4. The number of aromatic hydroxyl groups is 1. The molecule has 0 unspecified atom stereocenters. The van der Waals surface area contributed by atoms with Crippen LogP contribution in [0.25, 0.3) is 0 Å². The number of phenols is 1. The van der Waals surface area contributed by atoms with Gasteiger partial charge in [-0.3, -0.25) is 0 Å². The molecule has 0 saturated carbocycles. The SMILES string of the molecule is CCOc1cc(CNCc2ccccc2O)ccc1OC. The molecule has 0 heterocycles. The van der Waals surface area contributed by atoms with Gasteiger partial charge in [-0.05, 0) is 30.7 Å². The third-order valence-corrected chi connectivity index (χ3v) is 3.16. The minimum atomic E-state index is 0.315. The molecule has 0 aliphatic rings. The van der Waals surface area contributed by atoms with E-state index >= 15 is 0 Å². The Morgan fingerprint density at radius 1 is 1.05 bits per heavy atom. The zero-order chi connectivity index (χ0) is 15.1. The Labute approximate surface area is 125 Å². The Balaban J connectivity index is 1.97. The molecular formula is C17H21NO3. The van der Waals surface area contributed by atoms with Gasteiger partial charge in [-0.15, -0.1) is 0 Å². The average molecular weight is 287 g/mol. The number of benzene rings is 2. The van der Waals surface area contributed by atoms with Crippen molar-refractivity contribution in [2.75, 3.05) is 13.7 Å². The normalized spacial score (nSPS) is 10.4. The summed E-state index contributed by atoms with van der Waals surface area (Å²) in [6.45, 7) is 3.86. The summed E-state index contributed by atoms with van der Waals surface area (Å²) >= 11 is 0. The van der Waals surface area contributed by atoms with E-state index in [0.29, 0.717) is 25.4 Å². The molecule has 0 radical (unpaired) electrons. The van der Waals surface area contributed by atoms with Gasteiger partial charge in [0.1, 0.15) is 5.75 Å². The number of nitrogens with one attached hydrogen (secondary N) is 1. The summed E-state index contributed by atoms with van der Waals surface area (Å²) in [6, 6.07) is 13.2. The quantitative estimate of drug-likeness (QED) is 0.821. The highest BCUT2D eigenvalue weighted by molar-refractivity contribution is 5.43. The lowest BCUT2D eigenvalue weighted by Crippen LogP contribution is -2.13. The summed E-state index contributed by atoms with van der Waals surface area (Å²) in [5, 5.41) is 13.0. The average Bonchev–Trinajstić information content (AvgIpc) is 2.50. The van der Waals surface area contributed by atoms with E-state index in [-0.39, 0.29) is 0 Å². The van der Waals surface area contributed by atoms with Crippen LogP contribution < -0.4 is 14.8 Å². The summed E-state index contributed by atoms with van der Waals surface area (Å²) in [5.74, 6) is 1.80. The summed E-state index contributed by atoms with van der Waals surface area (Å²) in [6.07, 6.45) is 0. The van der Waals surface area contributed by atoms with Crippen LogP contribution in [0.5, 0.6) is 17.2 Å². The van der Waals surface area contributed by atoms with E-state index in [0.717, 1.165) is 22.6 Å². The van der Waals surface area contributed by atoms with Gasteiger partial charge in [0.05, 0.1) is 13.7 Å². The van der Waals surface area contributed by atoms with E-state index in [9.17, 15) is 5.11 Å². The first kappa shape index (κ1) is 15.2. The first-order valence-corrected chi connectivity index (χ1v) is 7.02. The van der Waals surface area contributed by atoms with Gasteiger partial charge in [-0.25, -0.2) is 0 Å². The number of hydrogen-bond acceptors (Lipinski definition) is 4. The van der Waals surface area contributed by atoms with Crippen molar-refractivity contribution < 1.29 is 14.6 Å². The molecule has 0 amide bonds. The van der Waals surface area contributed by atoms with Crippen LogP contribution in [0.3, 0.4) is 0 Å². The van der Waals surface area contributed by atoms with Gasteiger partial charge in [0, 0.05) is 18.7 Å². The van der Waals surface area contributed by atoms with Crippen molar-refractivity contribution in [1.29, 1.82) is 0 Å². The fourth-order valence-corrected chi connectivity index (χ4v) is 2.10. The molecule has 21 heavy (non-hydrogen) atoms. The van der Waals surface area contributed by atoms with Crippen LogP contribution >= 0.6 is 0 Å². The Hall–Kier alpha value is -2.20. The molecule has 2 aromatic rings. The van der Waals surface area contributed by atoms with E-state index < -0.39 is 0 Å². The number of methoxy groups -OCH3 is 1. The second kappa shape index (κ2) is 7.55. The van der Waals surface area contributed by atoms with Gasteiger partial charge in [0.25, 0.3) is 0 Å². The zero-order valence-corrected chi connectivity index (χ0v) is 12.4. The van der Waals surface area contributed by atoms with Crippen LogP contribution in [0.15, 0.2) is 42.5 Å². The monoisotopic (exact) mass is 287 g/mol. The van der Waals surface area contributed by atoms with Gasteiger partial charge < -0.3 is 19.9 Å². The molecule has 0 aromatic heterocycles. The van der Waals surface area contributed by atoms with E-state index in [2.05, 4.69) is 5.32 Å². The molecule has 0 saturated heterocycles. The fraction of sp³-hybridized carbons (Fsp3) is 0.294. The number of phenolic OH excluding ortho intramolecular Hbond substituents is 1. The highest BCUT2D eigenvalue weighted by atomic mass is 16.5. The Bertz CT molecular complexity index is 584. The highest BCUT2D eigenvalue weighted by Gasteiger charge is 2.05. The van der Waals surface area contributed by atoms with E-state index in [1.54, 1.807) is 13.2 Å². The first-order valence-electron chi connectivity index (χ1n) is 7.02. The van der Waals surface area contributed by atoms with Gasteiger partial charge >= 0.3 is 0 Å². The molecule has 2 N–H and O–H groups in total. The summed E-state index contributed by atoms with van der Waals surface area (Å²) in [5.41, 5.74) is 1.99. The molecule has 0 aliphatic carbocycles. The molecule has 4 nitrogen and oxygen atoms in total. The molecule has 2 aromatic carbocycles. The van der Waals surface area contributed by atoms with Crippen molar-refractivity contribution in [3.8, 4) is 17.2 Å². The summed E-state index contributed by atoms with van der Waals surface area (Å²) in [7, 11) is 1.63. The van der Waals surface area contributed by atoms with Crippen molar-refractivity contribution in [3.63, 3.8) is 0 Å². The topological polar surface area (TPSA) is 50.7 Å². The third kappa shape index (κ3) is 4.13. The molecular weight excluding hydrogens is 266 g/mol. The number of rotatable bonds is 7. The molecule has 0 aliphatic heterocycles. The minimum absolute atomic E-state index is 0.315. The lowest BCUT2D eigenvalue weighted by atomic mass is 10.1. The van der Waals surface area contributed by atoms with Crippen molar-refractivity contribution >= 4 is 0 Å². The molecule has 4 heteroatoms. The van der Waals surface area contributed by atoms with E-state index in [1.165, 1.54) is 0 Å². The van der Waals surface area contributed by atoms with Crippen molar-refractivity contribution in [1.82, 2.24) is 5.32 Å². The standard InChI is InChI=1S/C17H21NO3/c1-3-21-17-10-13(8-9-16(17)20-2)11-18-12-14-6-4-5-7-15(14)19/h4-10,18-19H,3,11-12H2,1-2H3. The molecule has 112 valence electrons. The number of para-hydroxylation sites is 1. The van der Waals surface area contributed by atoms with Gasteiger partial charge in [0.15, 0.2) is 11.5 Å². The largest absolute Gasteiger partial charge is 0.508 e. The molecule has 2 rings (SSSR count). The van der Waals surface area contributed by atoms with Crippen LogP contribution in [-0.2, 0) is 13.1 Å². The summed E-state index contributed by atoms with van der Waals surface area (Å²) < 4.78 is 10.8. The fourth-order valence-electron chi connectivity index (χ4n) is 2.10.